The van der Waals surface area contributed by atoms with Crippen LogP contribution in [0.25, 0.3) is 0 Å². The summed E-state index contributed by atoms with van der Waals surface area (Å²) in [6.07, 6.45) is 3.96. The molecular weight excluding hydrogens is 206 g/mol. The second-order valence-corrected chi connectivity index (χ2v) is 4.72. The lowest BCUT2D eigenvalue weighted by Gasteiger charge is -2.45. The van der Waals surface area contributed by atoms with Crippen molar-refractivity contribution in [2.75, 3.05) is 19.6 Å². The second-order valence-electron chi connectivity index (χ2n) is 4.72. The number of aromatic nitrogens is 2. The van der Waals surface area contributed by atoms with Crippen LogP contribution >= 0.6 is 0 Å². The zero-order chi connectivity index (χ0) is 11.1. The van der Waals surface area contributed by atoms with Gasteiger partial charge in [0.15, 0.2) is 0 Å². The fourth-order valence-corrected chi connectivity index (χ4v) is 2.94. The van der Waals surface area contributed by atoms with Crippen LogP contribution in [0.3, 0.4) is 0 Å². The zero-order valence-corrected chi connectivity index (χ0v) is 9.06. The van der Waals surface area contributed by atoms with E-state index in [2.05, 4.69) is 9.88 Å². The standard InChI is InChI=1S/C11H15N3O2/c15-10-3-6-14(11(16)12-10)9-7-13-4-1-8(9)2-5-13/h3,6,8-9H,1-2,4-5,7H2,(H,12,15,16). The minimum atomic E-state index is -0.317. The van der Waals surface area contributed by atoms with Crippen LogP contribution in [0.15, 0.2) is 21.9 Å². The average Bonchev–Trinajstić information content (AvgIpc) is 2.30. The van der Waals surface area contributed by atoms with Crippen molar-refractivity contribution in [3.05, 3.63) is 33.1 Å². The number of nitrogens with one attached hydrogen (secondary N) is 1. The largest absolute Gasteiger partial charge is 0.328 e. The summed E-state index contributed by atoms with van der Waals surface area (Å²) >= 11 is 0. The minimum Gasteiger partial charge on any atom is -0.301 e. The molecule has 16 heavy (non-hydrogen) atoms. The van der Waals surface area contributed by atoms with E-state index in [0.29, 0.717) is 5.92 Å². The van der Waals surface area contributed by atoms with Crippen LogP contribution in [-0.2, 0) is 0 Å². The maximum Gasteiger partial charge on any atom is 0.328 e. The Kier molecular flexibility index (Phi) is 2.21. The van der Waals surface area contributed by atoms with E-state index in [0.717, 1.165) is 32.5 Å². The molecule has 4 heterocycles. The number of piperidine rings is 3. The molecule has 3 fully saturated rings. The van der Waals surface area contributed by atoms with Gasteiger partial charge in [0.25, 0.3) is 5.56 Å². The quantitative estimate of drug-likeness (QED) is 0.714. The molecule has 1 unspecified atom stereocenters. The number of hydrogen-bond donors (Lipinski definition) is 1. The van der Waals surface area contributed by atoms with Gasteiger partial charge in [-0.15, -0.1) is 0 Å². The molecule has 0 amide bonds. The van der Waals surface area contributed by atoms with E-state index in [-0.39, 0.29) is 17.3 Å². The molecule has 0 radical (unpaired) electrons. The van der Waals surface area contributed by atoms with Crippen molar-refractivity contribution in [3.63, 3.8) is 0 Å². The fourth-order valence-electron chi connectivity index (χ4n) is 2.94. The summed E-state index contributed by atoms with van der Waals surface area (Å²) in [6, 6.07) is 1.67. The first-order chi connectivity index (χ1) is 7.74. The van der Waals surface area contributed by atoms with Crippen LogP contribution in [0.1, 0.15) is 18.9 Å². The number of H-pyrrole nitrogens is 1. The Bertz CT molecular complexity index is 496. The molecule has 1 N–H and O–H groups in total. The van der Waals surface area contributed by atoms with Crippen LogP contribution < -0.4 is 11.2 Å². The molecule has 5 nitrogen and oxygen atoms in total. The van der Waals surface area contributed by atoms with E-state index in [9.17, 15) is 9.59 Å². The molecule has 3 aliphatic heterocycles. The van der Waals surface area contributed by atoms with Crippen LogP contribution in [0.2, 0.25) is 0 Å². The number of rotatable bonds is 1. The van der Waals surface area contributed by atoms with E-state index in [1.807, 2.05) is 0 Å². The molecule has 4 rings (SSSR count). The Morgan fingerprint density at radius 2 is 2.00 bits per heavy atom. The Morgan fingerprint density at radius 1 is 1.25 bits per heavy atom. The molecule has 1 aromatic heterocycles. The summed E-state index contributed by atoms with van der Waals surface area (Å²) in [4.78, 5) is 27.4. The summed E-state index contributed by atoms with van der Waals surface area (Å²) in [5.41, 5.74) is -0.589. The SMILES string of the molecule is O=c1ccn(C2CN3CCC2CC3)c(=O)[nH]1. The molecule has 0 aromatic carbocycles. The Balaban J connectivity index is 1.98. The maximum absolute atomic E-state index is 11.7. The molecule has 3 aliphatic rings. The van der Waals surface area contributed by atoms with Crippen LogP contribution in [0.4, 0.5) is 0 Å². The van der Waals surface area contributed by atoms with Crippen LogP contribution in [0, 0.1) is 5.92 Å². The molecule has 3 saturated heterocycles. The van der Waals surface area contributed by atoms with Gasteiger partial charge in [-0.25, -0.2) is 4.79 Å². The average molecular weight is 221 g/mol. The Hall–Kier alpha value is -1.36. The topological polar surface area (TPSA) is 58.1 Å². The third-order valence-electron chi connectivity index (χ3n) is 3.83. The minimum absolute atomic E-state index is 0.242. The first-order valence-corrected chi connectivity index (χ1v) is 5.78. The Morgan fingerprint density at radius 3 is 2.56 bits per heavy atom. The second kappa shape index (κ2) is 3.59. The van der Waals surface area contributed by atoms with Gasteiger partial charge in [-0.05, 0) is 31.8 Å². The molecule has 1 aromatic rings. The summed E-state index contributed by atoms with van der Waals surface area (Å²) in [7, 11) is 0. The molecule has 0 saturated carbocycles. The van der Waals surface area contributed by atoms with E-state index < -0.39 is 0 Å². The number of nitrogens with zero attached hydrogens (tertiary/aromatic N) is 2. The van der Waals surface area contributed by atoms with E-state index in [1.54, 1.807) is 10.8 Å². The van der Waals surface area contributed by atoms with Crippen molar-refractivity contribution in [2.45, 2.75) is 18.9 Å². The first kappa shape index (κ1) is 9.84. The summed E-state index contributed by atoms with van der Waals surface area (Å²) in [5, 5.41) is 0. The fraction of sp³-hybridized carbons (Fsp3) is 0.636. The van der Waals surface area contributed by atoms with Gasteiger partial charge >= 0.3 is 5.69 Å². The van der Waals surface area contributed by atoms with Gasteiger partial charge < -0.3 is 4.90 Å². The van der Waals surface area contributed by atoms with Crippen molar-refractivity contribution in [3.8, 4) is 0 Å². The monoisotopic (exact) mass is 221 g/mol. The van der Waals surface area contributed by atoms with Gasteiger partial charge in [-0.2, -0.15) is 0 Å². The number of hydrogen-bond acceptors (Lipinski definition) is 3. The van der Waals surface area contributed by atoms with Crippen LogP contribution in [-0.4, -0.2) is 34.1 Å². The highest BCUT2D eigenvalue weighted by atomic mass is 16.2. The summed E-state index contributed by atoms with van der Waals surface area (Å²) in [5.74, 6) is 0.591. The van der Waals surface area contributed by atoms with Gasteiger partial charge in [-0.3, -0.25) is 14.3 Å². The maximum atomic E-state index is 11.7. The van der Waals surface area contributed by atoms with E-state index in [4.69, 9.17) is 0 Å². The van der Waals surface area contributed by atoms with Crippen molar-refractivity contribution in [1.29, 1.82) is 0 Å². The smallest absolute Gasteiger partial charge is 0.301 e. The summed E-state index contributed by atoms with van der Waals surface area (Å²) in [6.45, 7) is 3.25. The lowest BCUT2D eigenvalue weighted by molar-refractivity contribution is 0.0547. The molecular formula is C11H15N3O2. The highest BCUT2D eigenvalue weighted by Crippen LogP contribution is 2.34. The van der Waals surface area contributed by atoms with Crippen molar-refractivity contribution >= 4 is 0 Å². The van der Waals surface area contributed by atoms with Crippen LogP contribution in [0.5, 0.6) is 0 Å². The third-order valence-corrected chi connectivity index (χ3v) is 3.83. The lowest BCUT2D eigenvalue weighted by atomic mass is 9.84. The van der Waals surface area contributed by atoms with Crippen molar-refractivity contribution < 1.29 is 0 Å². The van der Waals surface area contributed by atoms with Gasteiger partial charge in [0.05, 0.1) is 6.04 Å². The predicted octanol–water partition coefficient (Wildman–Crippen LogP) is -0.197. The highest BCUT2D eigenvalue weighted by Gasteiger charge is 2.35. The number of fused-ring (bicyclic) bond motifs is 3. The predicted molar refractivity (Wildman–Crippen MR) is 59.5 cm³/mol. The van der Waals surface area contributed by atoms with E-state index >= 15 is 0 Å². The molecule has 86 valence electrons. The van der Waals surface area contributed by atoms with Gasteiger partial charge in [0.2, 0.25) is 0 Å². The molecule has 0 aliphatic carbocycles. The third kappa shape index (κ3) is 1.51. The molecule has 5 heteroatoms. The van der Waals surface area contributed by atoms with E-state index in [1.165, 1.54) is 6.07 Å². The Labute approximate surface area is 92.7 Å². The van der Waals surface area contributed by atoms with Gasteiger partial charge in [-0.1, -0.05) is 0 Å². The van der Waals surface area contributed by atoms with Crippen molar-refractivity contribution in [2.24, 2.45) is 5.92 Å². The first-order valence-electron chi connectivity index (χ1n) is 5.78. The van der Waals surface area contributed by atoms with Gasteiger partial charge in [0, 0.05) is 18.8 Å². The zero-order valence-electron chi connectivity index (χ0n) is 9.06. The molecule has 1 atom stereocenters. The summed E-state index contributed by atoms with van der Waals surface area (Å²) < 4.78 is 1.69. The number of aromatic amines is 1. The lowest BCUT2D eigenvalue weighted by Crippen LogP contribution is -2.50. The molecule has 0 spiro atoms. The highest BCUT2D eigenvalue weighted by molar-refractivity contribution is 4.94. The van der Waals surface area contributed by atoms with Gasteiger partial charge in [0.1, 0.15) is 0 Å². The van der Waals surface area contributed by atoms with Crippen molar-refractivity contribution in [1.82, 2.24) is 14.5 Å². The normalized spacial score (nSPS) is 32.9. The molecule has 2 bridgehead atoms.